The van der Waals surface area contributed by atoms with Crippen molar-refractivity contribution < 1.29 is 4.79 Å². The van der Waals surface area contributed by atoms with Crippen molar-refractivity contribution in [3.8, 4) is 0 Å². The van der Waals surface area contributed by atoms with Gasteiger partial charge in [-0.1, -0.05) is 56.3 Å². The maximum atomic E-state index is 13.4. The molecule has 0 aliphatic heterocycles. The Hall–Kier alpha value is -4.52. The van der Waals surface area contributed by atoms with Crippen molar-refractivity contribution in [3.05, 3.63) is 94.5 Å². The van der Waals surface area contributed by atoms with Crippen molar-refractivity contribution in [2.75, 3.05) is 11.1 Å². The summed E-state index contributed by atoms with van der Waals surface area (Å²) >= 11 is 0. The fraction of sp³-hybridized carbons (Fsp3) is 0.172. The number of amides is 1. The van der Waals surface area contributed by atoms with Crippen LogP contribution in [0.25, 0.3) is 22.2 Å². The van der Waals surface area contributed by atoms with Gasteiger partial charge in [0, 0.05) is 5.69 Å². The topological polar surface area (TPSA) is 98.2 Å². The van der Waals surface area contributed by atoms with Crippen molar-refractivity contribution in [2.24, 2.45) is 5.10 Å². The highest BCUT2D eigenvalue weighted by molar-refractivity contribution is 6.16. The highest BCUT2D eigenvalue weighted by Crippen LogP contribution is 2.29. The number of anilines is 2. The molecule has 0 radical (unpaired) electrons. The van der Waals surface area contributed by atoms with Crippen LogP contribution in [0.5, 0.6) is 0 Å². The highest BCUT2D eigenvalue weighted by atomic mass is 16.1. The number of carbonyl (C=O) groups is 1. The largest absolute Gasteiger partial charge is 0.383 e. The molecule has 1 amide bonds. The molecule has 0 fully saturated rings. The summed E-state index contributed by atoms with van der Waals surface area (Å²) in [6.45, 7) is 8.35. The number of carbonyl (C=O) groups excluding carboxylic acids is 1. The van der Waals surface area contributed by atoms with Gasteiger partial charge in [-0.05, 0) is 66.3 Å². The predicted octanol–water partition coefficient (Wildman–Crippen LogP) is 6.04. The number of hydrogen-bond donors (Lipinski definition) is 2. The number of aromatic nitrogens is 3. The van der Waals surface area contributed by atoms with Crippen molar-refractivity contribution >= 4 is 45.8 Å². The van der Waals surface area contributed by atoms with Gasteiger partial charge in [-0.15, -0.1) is 0 Å². The molecule has 2 heterocycles. The number of nitrogens with one attached hydrogen (secondary N) is 1. The normalized spacial score (nSPS) is 11.7. The monoisotopic (exact) mass is 476 g/mol. The number of benzene rings is 3. The van der Waals surface area contributed by atoms with E-state index in [1.165, 1.54) is 10.2 Å². The van der Waals surface area contributed by atoms with Gasteiger partial charge in [0.25, 0.3) is 5.91 Å². The van der Waals surface area contributed by atoms with Gasteiger partial charge in [0.05, 0.1) is 17.2 Å². The quantitative estimate of drug-likeness (QED) is 0.302. The van der Waals surface area contributed by atoms with E-state index in [0.29, 0.717) is 33.8 Å². The Bertz CT molecular complexity index is 1630. The molecule has 36 heavy (non-hydrogen) atoms. The van der Waals surface area contributed by atoms with Crippen molar-refractivity contribution in [1.82, 2.24) is 14.6 Å². The van der Waals surface area contributed by atoms with E-state index in [4.69, 9.17) is 15.7 Å². The molecule has 5 aromatic rings. The van der Waals surface area contributed by atoms with Crippen LogP contribution in [0, 0.1) is 13.8 Å². The zero-order valence-corrected chi connectivity index (χ0v) is 20.8. The maximum Gasteiger partial charge on any atom is 0.261 e. The van der Waals surface area contributed by atoms with Gasteiger partial charge < -0.3 is 11.1 Å². The van der Waals surface area contributed by atoms with Crippen molar-refractivity contribution in [3.63, 3.8) is 0 Å². The zero-order valence-electron chi connectivity index (χ0n) is 20.8. The molecule has 0 saturated heterocycles. The first-order valence-corrected chi connectivity index (χ1v) is 11.9. The summed E-state index contributed by atoms with van der Waals surface area (Å²) < 4.78 is 1.49. The minimum atomic E-state index is -0.361. The first-order chi connectivity index (χ1) is 17.3. The number of nitrogen functional groups attached to an aromatic ring is 1. The summed E-state index contributed by atoms with van der Waals surface area (Å²) in [5.74, 6) is 0.263. The van der Waals surface area contributed by atoms with Gasteiger partial charge in [-0.25, -0.2) is 9.97 Å². The fourth-order valence-electron chi connectivity index (χ4n) is 4.09. The highest BCUT2D eigenvalue weighted by Gasteiger charge is 2.24. The van der Waals surface area contributed by atoms with Crippen LogP contribution in [0.15, 0.2) is 71.8 Å². The second kappa shape index (κ2) is 9.26. The van der Waals surface area contributed by atoms with Crippen LogP contribution in [-0.4, -0.2) is 26.8 Å². The van der Waals surface area contributed by atoms with Crippen LogP contribution in [-0.2, 0) is 0 Å². The second-order valence-electron chi connectivity index (χ2n) is 9.28. The van der Waals surface area contributed by atoms with E-state index in [0.717, 1.165) is 16.7 Å². The van der Waals surface area contributed by atoms with Gasteiger partial charge in [-0.3, -0.25) is 4.79 Å². The molecule has 0 aliphatic rings. The summed E-state index contributed by atoms with van der Waals surface area (Å²) in [5.41, 5.74) is 14.1. The lowest BCUT2D eigenvalue weighted by atomic mass is 10.0. The number of para-hydroxylation sites is 2. The number of hydrogen-bond acceptors (Lipinski definition) is 5. The molecule has 0 spiro atoms. The minimum Gasteiger partial charge on any atom is -0.383 e. The molecular formula is C29H28N6O. The van der Waals surface area contributed by atoms with Crippen molar-refractivity contribution in [2.45, 2.75) is 33.6 Å². The number of rotatable bonds is 5. The molecular weight excluding hydrogens is 448 g/mol. The average Bonchev–Trinajstić information content (AvgIpc) is 3.13. The van der Waals surface area contributed by atoms with Gasteiger partial charge >= 0.3 is 0 Å². The third-order valence-corrected chi connectivity index (χ3v) is 6.39. The lowest BCUT2D eigenvalue weighted by Crippen LogP contribution is -2.14. The average molecular weight is 477 g/mol. The SMILES string of the molecule is Cc1ccc(NC(=O)c2c(N)n(/N=C/c3ccc(C(C)C)cc3)c3nc4ccccc4nc23)cc1C. The standard InChI is InChI=1S/C29H28N6O/c1-17(2)21-12-10-20(11-13-21)16-31-35-27(30)25(29(36)32-22-14-9-18(3)19(4)15-22)26-28(35)34-24-8-6-5-7-23(24)33-26/h5-17H,30H2,1-4H3,(H,32,36)/b31-16+. The number of nitrogens with zero attached hydrogens (tertiary/aromatic N) is 4. The minimum absolute atomic E-state index is 0.177. The molecule has 0 aliphatic carbocycles. The molecule has 2 aromatic heterocycles. The molecule has 3 aromatic carbocycles. The molecule has 7 nitrogen and oxygen atoms in total. The van der Waals surface area contributed by atoms with Crippen LogP contribution >= 0.6 is 0 Å². The Kier molecular flexibility index (Phi) is 5.98. The fourth-order valence-corrected chi connectivity index (χ4v) is 4.09. The molecule has 180 valence electrons. The first-order valence-electron chi connectivity index (χ1n) is 11.9. The van der Waals surface area contributed by atoms with Gasteiger partial charge in [-0.2, -0.15) is 9.78 Å². The lowest BCUT2D eigenvalue weighted by Gasteiger charge is -2.08. The number of aryl methyl sites for hydroxylation is 2. The molecule has 3 N–H and O–H groups in total. The Balaban J connectivity index is 1.61. The predicted molar refractivity (Wildman–Crippen MR) is 147 cm³/mol. The van der Waals surface area contributed by atoms with E-state index in [1.807, 2.05) is 68.4 Å². The van der Waals surface area contributed by atoms with E-state index in [9.17, 15) is 4.79 Å². The molecule has 0 saturated carbocycles. The molecule has 0 unspecified atom stereocenters. The van der Waals surface area contributed by atoms with Gasteiger partial charge in [0.2, 0.25) is 0 Å². The molecule has 0 atom stereocenters. The number of fused-ring (bicyclic) bond motifs is 2. The van der Waals surface area contributed by atoms with E-state index in [1.54, 1.807) is 6.21 Å². The zero-order chi connectivity index (χ0) is 25.4. The molecule has 0 bridgehead atoms. The Morgan fingerprint density at radius 1 is 0.972 bits per heavy atom. The Morgan fingerprint density at radius 2 is 1.67 bits per heavy atom. The molecule has 7 heteroatoms. The van der Waals surface area contributed by atoms with E-state index < -0.39 is 0 Å². The number of nitrogens with two attached hydrogens (primary N) is 1. The van der Waals surface area contributed by atoms with E-state index in [2.05, 4.69) is 36.4 Å². The second-order valence-corrected chi connectivity index (χ2v) is 9.28. The third-order valence-electron chi connectivity index (χ3n) is 6.39. The summed E-state index contributed by atoms with van der Waals surface area (Å²) in [4.78, 5) is 22.9. The van der Waals surface area contributed by atoms with Gasteiger partial charge in [0.15, 0.2) is 5.65 Å². The van der Waals surface area contributed by atoms with Crippen LogP contribution in [0.2, 0.25) is 0 Å². The summed E-state index contributed by atoms with van der Waals surface area (Å²) in [7, 11) is 0. The van der Waals surface area contributed by atoms with Crippen molar-refractivity contribution in [1.29, 1.82) is 0 Å². The van der Waals surface area contributed by atoms with Crippen LogP contribution in [0.4, 0.5) is 11.5 Å². The van der Waals surface area contributed by atoms with Gasteiger partial charge in [0.1, 0.15) is 16.9 Å². The summed E-state index contributed by atoms with van der Waals surface area (Å²) in [6, 6.07) is 21.5. The lowest BCUT2D eigenvalue weighted by molar-refractivity contribution is 0.102. The Morgan fingerprint density at radius 3 is 2.33 bits per heavy atom. The summed E-state index contributed by atoms with van der Waals surface area (Å²) in [5, 5.41) is 7.56. The van der Waals surface area contributed by atoms with Crippen LogP contribution in [0.1, 0.15) is 52.4 Å². The smallest absolute Gasteiger partial charge is 0.261 e. The van der Waals surface area contributed by atoms with Crippen LogP contribution in [0.3, 0.4) is 0 Å². The third kappa shape index (κ3) is 4.31. The first kappa shape index (κ1) is 23.2. The van der Waals surface area contributed by atoms with E-state index in [-0.39, 0.29) is 17.3 Å². The maximum absolute atomic E-state index is 13.4. The summed E-state index contributed by atoms with van der Waals surface area (Å²) in [6.07, 6.45) is 1.71. The van der Waals surface area contributed by atoms with Crippen LogP contribution < -0.4 is 11.1 Å². The molecule has 5 rings (SSSR count). The van der Waals surface area contributed by atoms with E-state index >= 15 is 0 Å². The Labute approximate surface area is 209 Å².